The fraction of sp³-hybridized carbons (Fsp3) is 0.316. The molecule has 0 bridgehead atoms. The number of halogens is 1. The molecule has 0 atom stereocenters. The number of carbonyl (C=O) groups is 1. The number of fused-ring (bicyclic) bond motifs is 2. The van der Waals surface area contributed by atoms with E-state index in [-0.39, 0.29) is 5.91 Å². The highest BCUT2D eigenvalue weighted by molar-refractivity contribution is 6.30. The third-order valence-corrected chi connectivity index (χ3v) is 4.73. The van der Waals surface area contributed by atoms with Gasteiger partial charge in [-0.25, -0.2) is 0 Å². The molecule has 0 aromatic heterocycles. The number of ether oxygens (including phenoxy) is 3. The molecule has 25 heavy (non-hydrogen) atoms. The van der Waals surface area contributed by atoms with Crippen molar-refractivity contribution < 1.29 is 19.0 Å². The molecule has 1 amide bonds. The molecule has 0 radical (unpaired) electrons. The molecule has 130 valence electrons. The van der Waals surface area contributed by atoms with Gasteiger partial charge >= 0.3 is 0 Å². The molecular weight excluding hydrogens is 342 g/mol. The predicted molar refractivity (Wildman–Crippen MR) is 94.1 cm³/mol. The average molecular weight is 360 g/mol. The lowest BCUT2D eigenvalue weighted by Gasteiger charge is -2.22. The summed E-state index contributed by atoms with van der Waals surface area (Å²) in [6.45, 7) is 3.57. The number of para-hydroxylation sites is 1. The number of amides is 1. The molecule has 1 fully saturated rings. The Morgan fingerprint density at radius 3 is 2.60 bits per heavy atom. The minimum atomic E-state index is -1.29. The minimum absolute atomic E-state index is 0.186. The van der Waals surface area contributed by atoms with Crippen LogP contribution in [0.1, 0.15) is 11.1 Å². The van der Waals surface area contributed by atoms with Crippen molar-refractivity contribution >= 4 is 23.2 Å². The summed E-state index contributed by atoms with van der Waals surface area (Å²) >= 11 is 5.88. The lowest BCUT2D eigenvalue weighted by Crippen LogP contribution is -2.42. The molecule has 2 aliphatic heterocycles. The van der Waals surface area contributed by atoms with Crippen LogP contribution < -0.4 is 9.64 Å². The molecular formula is C19H18ClNO4. The fourth-order valence-electron chi connectivity index (χ4n) is 3.37. The second kappa shape index (κ2) is 6.33. The van der Waals surface area contributed by atoms with E-state index in [1.807, 2.05) is 25.1 Å². The lowest BCUT2D eigenvalue weighted by atomic mass is 10.0. The topological polar surface area (TPSA) is 48.0 Å². The van der Waals surface area contributed by atoms with E-state index in [1.165, 1.54) is 0 Å². The van der Waals surface area contributed by atoms with Crippen LogP contribution in [0.5, 0.6) is 5.75 Å². The fourth-order valence-corrected chi connectivity index (χ4v) is 3.49. The second-order valence-electron chi connectivity index (χ2n) is 6.04. The third kappa shape index (κ3) is 2.68. The predicted octanol–water partition coefficient (Wildman–Crippen LogP) is 3.27. The Kier molecular flexibility index (Phi) is 4.15. The van der Waals surface area contributed by atoms with Gasteiger partial charge in [0.1, 0.15) is 12.4 Å². The van der Waals surface area contributed by atoms with Crippen molar-refractivity contribution in [1.82, 2.24) is 0 Å². The molecule has 2 heterocycles. The molecule has 0 unspecified atom stereocenters. The molecule has 5 nitrogen and oxygen atoms in total. The Bertz CT molecular complexity index is 800. The SMILES string of the molecule is Cc1cccc2c1N(CCOc1ccc(Cl)cc1)C(=O)C21OCCO1. The number of hydrogen-bond donors (Lipinski definition) is 0. The van der Waals surface area contributed by atoms with Crippen molar-refractivity contribution in [2.75, 3.05) is 31.3 Å². The first kappa shape index (κ1) is 16.4. The summed E-state index contributed by atoms with van der Waals surface area (Å²) in [7, 11) is 0. The minimum Gasteiger partial charge on any atom is -0.492 e. The molecule has 0 N–H and O–H groups in total. The van der Waals surface area contributed by atoms with Crippen LogP contribution in [0.2, 0.25) is 5.02 Å². The molecule has 4 rings (SSSR count). The van der Waals surface area contributed by atoms with E-state index in [2.05, 4.69) is 0 Å². The molecule has 2 aromatic rings. The number of aryl methyl sites for hydroxylation is 1. The van der Waals surface area contributed by atoms with Crippen molar-refractivity contribution in [3.05, 3.63) is 58.6 Å². The smallest absolute Gasteiger partial charge is 0.292 e. The molecule has 2 aromatic carbocycles. The van der Waals surface area contributed by atoms with Gasteiger partial charge in [-0.05, 0) is 36.8 Å². The van der Waals surface area contributed by atoms with Gasteiger partial charge in [0.15, 0.2) is 0 Å². The highest BCUT2D eigenvalue weighted by Gasteiger charge is 2.56. The summed E-state index contributed by atoms with van der Waals surface area (Å²) in [6.07, 6.45) is 0. The molecule has 6 heteroatoms. The molecule has 0 aliphatic carbocycles. The van der Waals surface area contributed by atoms with Gasteiger partial charge < -0.3 is 19.1 Å². The maximum Gasteiger partial charge on any atom is 0.292 e. The Balaban J connectivity index is 1.56. The van der Waals surface area contributed by atoms with Crippen LogP contribution in [0, 0.1) is 6.92 Å². The first-order valence-electron chi connectivity index (χ1n) is 8.20. The first-order chi connectivity index (χ1) is 12.1. The lowest BCUT2D eigenvalue weighted by molar-refractivity contribution is -0.180. The highest BCUT2D eigenvalue weighted by atomic mass is 35.5. The number of rotatable bonds is 4. The Morgan fingerprint density at radius 1 is 1.16 bits per heavy atom. The van der Waals surface area contributed by atoms with Crippen LogP contribution in [0.4, 0.5) is 5.69 Å². The molecule has 1 spiro atoms. The van der Waals surface area contributed by atoms with Crippen molar-refractivity contribution in [2.24, 2.45) is 0 Å². The van der Waals surface area contributed by atoms with Crippen LogP contribution in [0.25, 0.3) is 0 Å². The zero-order valence-electron chi connectivity index (χ0n) is 13.8. The van der Waals surface area contributed by atoms with Gasteiger partial charge in [-0.2, -0.15) is 0 Å². The van der Waals surface area contributed by atoms with Gasteiger partial charge in [0.2, 0.25) is 0 Å². The summed E-state index contributed by atoms with van der Waals surface area (Å²) in [4.78, 5) is 14.7. The van der Waals surface area contributed by atoms with Crippen molar-refractivity contribution in [1.29, 1.82) is 0 Å². The van der Waals surface area contributed by atoms with Crippen molar-refractivity contribution in [3.63, 3.8) is 0 Å². The number of nitrogens with zero attached hydrogens (tertiary/aromatic N) is 1. The Hall–Kier alpha value is -2.08. The molecule has 2 aliphatic rings. The summed E-state index contributed by atoms with van der Waals surface area (Å²) in [5, 5.41) is 0.657. The van der Waals surface area contributed by atoms with Gasteiger partial charge in [0, 0.05) is 10.6 Å². The Morgan fingerprint density at radius 2 is 1.88 bits per heavy atom. The monoisotopic (exact) mass is 359 g/mol. The van der Waals surface area contributed by atoms with Crippen LogP contribution in [0.15, 0.2) is 42.5 Å². The van der Waals surface area contributed by atoms with E-state index < -0.39 is 5.79 Å². The zero-order chi connectivity index (χ0) is 17.4. The van der Waals surface area contributed by atoms with E-state index in [0.29, 0.717) is 37.1 Å². The summed E-state index contributed by atoms with van der Waals surface area (Å²) in [5.41, 5.74) is 2.64. The van der Waals surface area contributed by atoms with Gasteiger partial charge in [0.25, 0.3) is 11.7 Å². The van der Waals surface area contributed by atoms with Crippen molar-refractivity contribution in [2.45, 2.75) is 12.7 Å². The summed E-state index contributed by atoms with van der Waals surface area (Å²) in [5.74, 6) is -0.764. The summed E-state index contributed by atoms with van der Waals surface area (Å²) in [6, 6.07) is 12.9. The van der Waals surface area contributed by atoms with Gasteiger partial charge in [-0.1, -0.05) is 29.8 Å². The normalized spacial score (nSPS) is 18.0. The van der Waals surface area contributed by atoms with Gasteiger partial charge in [0.05, 0.1) is 25.4 Å². The third-order valence-electron chi connectivity index (χ3n) is 4.48. The number of hydrogen-bond acceptors (Lipinski definition) is 4. The number of benzene rings is 2. The molecule has 0 saturated carbocycles. The highest BCUT2D eigenvalue weighted by Crippen LogP contribution is 2.46. The van der Waals surface area contributed by atoms with E-state index in [1.54, 1.807) is 29.2 Å². The second-order valence-corrected chi connectivity index (χ2v) is 6.48. The van der Waals surface area contributed by atoms with Gasteiger partial charge in [-0.3, -0.25) is 4.79 Å². The van der Waals surface area contributed by atoms with E-state index in [0.717, 1.165) is 16.8 Å². The quantitative estimate of drug-likeness (QED) is 0.840. The number of anilines is 1. The number of carbonyl (C=O) groups excluding carboxylic acids is 1. The van der Waals surface area contributed by atoms with Crippen LogP contribution >= 0.6 is 11.6 Å². The van der Waals surface area contributed by atoms with E-state index in [9.17, 15) is 4.79 Å². The molecule has 1 saturated heterocycles. The van der Waals surface area contributed by atoms with E-state index in [4.69, 9.17) is 25.8 Å². The average Bonchev–Trinajstić information content (AvgIpc) is 3.18. The summed E-state index contributed by atoms with van der Waals surface area (Å²) < 4.78 is 17.2. The van der Waals surface area contributed by atoms with Crippen molar-refractivity contribution in [3.8, 4) is 5.75 Å². The Labute approximate surface area is 151 Å². The van der Waals surface area contributed by atoms with Gasteiger partial charge in [-0.15, -0.1) is 0 Å². The van der Waals surface area contributed by atoms with E-state index >= 15 is 0 Å². The maximum absolute atomic E-state index is 13.0. The van der Waals surface area contributed by atoms with Crippen LogP contribution in [-0.2, 0) is 20.1 Å². The van der Waals surface area contributed by atoms with Crippen LogP contribution in [-0.4, -0.2) is 32.3 Å². The zero-order valence-corrected chi connectivity index (χ0v) is 14.6. The largest absolute Gasteiger partial charge is 0.492 e. The maximum atomic E-state index is 13.0. The first-order valence-corrected chi connectivity index (χ1v) is 8.58. The van der Waals surface area contributed by atoms with Crippen LogP contribution in [0.3, 0.4) is 0 Å². The standard InChI is InChI=1S/C19H18ClNO4/c1-13-3-2-4-16-17(13)21(18(22)19(16)24-11-12-25-19)9-10-23-15-7-5-14(20)6-8-15/h2-8H,9-12H2,1H3.